The quantitative estimate of drug-likeness (QED) is 0.428. The number of hydrogen-bond acceptors (Lipinski definition) is 2. The standard InChI is InChI=1S/C30H50O2/c1-25(2)14-16-30-17-15-28(6)19(23(30)24(25)32-18-30)8-9-21-27(5)12-11-22(31)26(3,4)20(27)10-13-29(21,28)7/h19-24,31H,8-18H2,1-7H3/t19-,20+,21-,22+,23+,24-,27-,28-,29-,30+/m1/s1. The zero-order valence-electron chi connectivity index (χ0n) is 22.1. The second-order valence-corrected chi connectivity index (χ2v) is 15.7. The zero-order chi connectivity index (χ0) is 22.9. The van der Waals surface area contributed by atoms with Crippen molar-refractivity contribution >= 4 is 0 Å². The van der Waals surface area contributed by atoms with Crippen molar-refractivity contribution in [2.75, 3.05) is 6.61 Å². The van der Waals surface area contributed by atoms with Gasteiger partial charge in [0.1, 0.15) is 0 Å². The third-order valence-electron chi connectivity index (χ3n) is 14.1. The molecule has 5 aliphatic carbocycles. The van der Waals surface area contributed by atoms with Crippen molar-refractivity contribution in [1.29, 1.82) is 0 Å². The predicted octanol–water partition coefficient (Wildman–Crippen LogP) is 7.24. The topological polar surface area (TPSA) is 29.5 Å². The maximum Gasteiger partial charge on any atom is 0.0663 e. The molecular weight excluding hydrogens is 392 g/mol. The summed E-state index contributed by atoms with van der Waals surface area (Å²) in [6.45, 7) is 18.9. The highest BCUT2D eigenvalue weighted by Crippen LogP contribution is 2.78. The Morgan fingerprint density at radius 1 is 0.688 bits per heavy atom. The Bertz CT molecular complexity index is 801. The van der Waals surface area contributed by atoms with Gasteiger partial charge in [-0.15, -0.1) is 0 Å². The molecule has 2 heteroatoms. The number of hydrogen-bond donors (Lipinski definition) is 1. The van der Waals surface area contributed by atoms with Gasteiger partial charge in [0, 0.05) is 0 Å². The van der Waals surface area contributed by atoms with Gasteiger partial charge in [0.25, 0.3) is 0 Å². The van der Waals surface area contributed by atoms with E-state index in [1.807, 2.05) is 0 Å². The fourth-order valence-corrected chi connectivity index (χ4v) is 12.0. The SMILES string of the molecule is CC1(C)CC[C@@]23CC[C@]4(C)[C@H](CC[C@@H]5[C@]6(C)CC[C@H](O)C(C)(C)[C@@H]6CC[C@]54C)[C@H]2[C@H]1OC3. The average molecular weight is 443 g/mol. The Morgan fingerprint density at radius 2 is 1.41 bits per heavy atom. The fraction of sp³-hybridized carbons (Fsp3) is 1.00. The van der Waals surface area contributed by atoms with E-state index < -0.39 is 0 Å². The first-order valence-corrected chi connectivity index (χ1v) is 14.1. The molecule has 6 fully saturated rings. The van der Waals surface area contributed by atoms with Gasteiger partial charge < -0.3 is 9.84 Å². The van der Waals surface area contributed by atoms with E-state index in [1.54, 1.807) is 0 Å². The lowest BCUT2D eigenvalue weighted by atomic mass is 9.31. The summed E-state index contributed by atoms with van der Waals surface area (Å²) in [7, 11) is 0. The molecule has 0 aromatic carbocycles. The van der Waals surface area contributed by atoms with Gasteiger partial charge in [0.2, 0.25) is 0 Å². The normalized spacial score (nSPS) is 60.0. The van der Waals surface area contributed by atoms with E-state index in [2.05, 4.69) is 48.5 Å². The maximum atomic E-state index is 10.9. The first-order valence-electron chi connectivity index (χ1n) is 14.1. The van der Waals surface area contributed by atoms with E-state index in [-0.39, 0.29) is 11.5 Å². The van der Waals surface area contributed by atoms with Crippen LogP contribution in [0.2, 0.25) is 0 Å². The van der Waals surface area contributed by atoms with Gasteiger partial charge in [-0.3, -0.25) is 0 Å². The van der Waals surface area contributed by atoms with Crippen LogP contribution in [0.25, 0.3) is 0 Å². The minimum Gasteiger partial charge on any atom is -0.393 e. The molecule has 0 spiro atoms. The summed E-state index contributed by atoms with van der Waals surface area (Å²) < 4.78 is 6.71. The third-order valence-corrected chi connectivity index (χ3v) is 14.1. The van der Waals surface area contributed by atoms with E-state index in [0.29, 0.717) is 39.1 Å². The summed E-state index contributed by atoms with van der Waals surface area (Å²) in [4.78, 5) is 0. The van der Waals surface area contributed by atoms with Gasteiger partial charge in [-0.25, -0.2) is 0 Å². The number of fused-ring (bicyclic) bond motifs is 5. The predicted molar refractivity (Wildman–Crippen MR) is 130 cm³/mol. The van der Waals surface area contributed by atoms with Crippen molar-refractivity contribution in [3.05, 3.63) is 0 Å². The molecule has 2 bridgehead atoms. The van der Waals surface area contributed by atoms with E-state index in [1.165, 1.54) is 57.8 Å². The molecular formula is C30H50O2. The Hall–Kier alpha value is -0.0800. The largest absolute Gasteiger partial charge is 0.393 e. The minimum atomic E-state index is -0.122. The summed E-state index contributed by atoms with van der Waals surface area (Å²) in [5, 5.41) is 10.9. The van der Waals surface area contributed by atoms with Crippen LogP contribution in [0.4, 0.5) is 0 Å². The minimum absolute atomic E-state index is 0.0586. The van der Waals surface area contributed by atoms with Gasteiger partial charge >= 0.3 is 0 Å². The molecule has 0 unspecified atom stereocenters. The van der Waals surface area contributed by atoms with Crippen LogP contribution in [0.5, 0.6) is 0 Å². The van der Waals surface area contributed by atoms with Gasteiger partial charge in [-0.05, 0) is 120 Å². The second kappa shape index (κ2) is 6.37. The molecule has 1 saturated heterocycles. The number of ether oxygens (including phenoxy) is 1. The van der Waals surface area contributed by atoms with Crippen LogP contribution in [0.15, 0.2) is 0 Å². The van der Waals surface area contributed by atoms with Gasteiger partial charge in [-0.2, -0.15) is 0 Å². The van der Waals surface area contributed by atoms with Gasteiger partial charge in [0.15, 0.2) is 0 Å². The summed E-state index contributed by atoms with van der Waals surface area (Å²) in [6.07, 6.45) is 13.7. The van der Waals surface area contributed by atoms with E-state index >= 15 is 0 Å². The molecule has 1 heterocycles. The Labute approximate surface area is 197 Å². The zero-order valence-corrected chi connectivity index (χ0v) is 22.1. The van der Waals surface area contributed by atoms with Crippen LogP contribution in [-0.2, 0) is 4.74 Å². The second-order valence-electron chi connectivity index (χ2n) is 15.7. The molecule has 32 heavy (non-hydrogen) atoms. The van der Waals surface area contributed by atoms with Crippen molar-refractivity contribution in [2.24, 2.45) is 56.2 Å². The number of rotatable bonds is 0. The molecule has 6 rings (SSSR count). The molecule has 10 atom stereocenters. The Kier molecular flexibility index (Phi) is 4.46. The fourth-order valence-electron chi connectivity index (χ4n) is 12.0. The molecule has 0 aromatic rings. The maximum absolute atomic E-state index is 10.9. The van der Waals surface area contributed by atoms with Gasteiger partial charge in [0.05, 0.1) is 18.8 Å². The first-order chi connectivity index (χ1) is 14.8. The smallest absolute Gasteiger partial charge is 0.0663 e. The van der Waals surface area contributed by atoms with Crippen LogP contribution in [0.3, 0.4) is 0 Å². The average Bonchev–Trinajstić information content (AvgIpc) is 3.05. The molecule has 5 saturated carbocycles. The van der Waals surface area contributed by atoms with Crippen LogP contribution < -0.4 is 0 Å². The highest BCUT2D eigenvalue weighted by Gasteiger charge is 2.72. The van der Waals surface area contributed by atoms with Crippen molar-refractivity contribution in [3.8, 4) is 0 Å². The van der Waals surface area contributed by atoms with Crippen LogP contribution in [-0.4, -0.2) is 23.9 Å². The number of aliphatic hydroxyl groups is 1. The van der Waals surface area contributed by atoms with E-state index in [9.17, 15) is 5.11 Å². The molecule has 1 N–H and O–H groups in total. The lowest BCUT2D eigenvalue weighted by Gasteiger charge is -2.73. The Balaban J connectivity index is 1.39. The molecule has 1 aliphatic heterocycles. The van der Waals surface area contributed by atoms with Gasteiger partial charge in [-0.1, -0.05) is 48.5 Å². The highest BCUT2D eigenvalue weighted by molar-refractivity contribution is 5.21. The summed E-state index contributed by atoms with van der Waals surface area (Å²) in [6, 6.07) is 0. The van der Waals surface area contributed by atoms with Crippen molar-refractivity contribution in [2.45, 2.75) is 125 Å². The molecule has 0 amide bonds. The van der Waals surface area contributed by atoms with Crippen molar-refractivity contribution < 1.29 is 9.84 Å². The molecule has 0 radical (unpaired) electrons. The summed E-state index contributed by atoms with van der Waals surface area (Å²) in [5.74, 6) is 3.11. The van der Waals surface area contributed by atoms with Crippen LogP contribution in [0.1, 0.15) is 113 Å². The summed E-state index contributed by atoms with van der Waals surface area (Å²) >= 11 is 0. The van der Waals surface area contributed by atoms with Crippen molar-refractivity contribution in [3.63, 3.8) is 0 Å². The van der Waals surface area contributed by atoms with E-state index in [4.69, 9.17) is 4.74 Å². The third kappa shape index (κ3) is 2.41. The molecule has 0 aromatic heterocycles. The van der Waals surface area contributed by atoms with E-state index in [0.717, 1.165) is 30.8 Å². The molecule has 182 valence electrons. The summed E-state index contributed by atoms with van der Waals surface area (Å²) in [5.41, 5.74) is 2.16. The van der Waals surface area contributed by atoms with Crippen LogP contribution in [0, 0.1) is 56.2 Å². The number of aliphatic hydroxyl groups excluding tert-OH is 1. The Morgan fingerprint density at radius 3 is 2.16 bits per heavy atom. The lowest BCUT2D eigenvalue weighted by molar-refractivity contribution is -0.252. The lowest BCUT2D eigenvalue weighted by Crippen LogP contribution is -2.67. The monoisotopic (exact) mass is 442 g/mol. The molecule has 2 nitrogen and oxygen atoms in total. The van der Waals surface area contributed by atoms with Crippen LogP contribution >= 0.6 is 0 Å². The highest BCUT2D eigenvalue weighted by atomic mass is 16.5. The first kappa shape index (κ1) is 22.4. The molecule has 6 aliphatic rings. The van der Waals surface area contributed by atoms with Crippen molar-refractivity contribution in [1.82, 2.24) is 0 Å².